The average Bonchev–Trinajstić information content (AvgIpc) is 2.43. The molecule has 2 N–H and O–H groups in total. The Balaban J connectivity index is 2.81. The first-order valence-electron chi connectivity index (χ1n) is 5.56. The molecule has 0 aliphatic carbocycles. The van der Waals surface area contributed by atoms with Gasteiger partial charge in [-0.05, 0) is 17.7 Å². The van der Waals surface area contributed by atoms with Crippen LogP contribution in [0.25, 0.3) is 0 Å². The van der Waals surface area contributed by atoms with E-state index in [4.69, 9.17) is 15.2 Å². The molecule has 0 saturated carbocycles. The van der Waals surface area contributed by atoms with Crippen molar-refractivity contribution in [3.8, 4) is 11.5 Å². The molecular weight excluding hydrogens is 328 g/mol. The third kappa shape index (κ3) is 4.80. The Morgan fingerprint density at radius 1 is 1.42 bits per heavy atom. The molecule has 1 aromatic rings. The Bertz CT molecular complexity index is 478. The molecule has 1 rings (SSSR count). The fraction of sp³-hybridized carbons (Fsp3) is 0.308. The van der Waals surface area contributed by atoms with Gasteiger partial charge in [0.25, 0.3) is 0 Å². The maximum atomic E-state index is 5.78. The van der Waals surface area contributed by atoms with Gasteiger partial charge in [0.05, 0.1) is 20.8 Å². The zero-order valence-corrected chi connectivity index (χ0v) is 13.4. The van der Waals surface area contributed by atoms with Crippen LogP contribution in [0.3, 0.4) is 0 Å². The predicted molar refractivity (Wildman–Crippen MR) is 85.2 cm³/mol. The van der Waals surface area contributed by atoms with E-state index in [1.165, 1.54) is 11.8 Å². The molecule has 6 heteroatoms. The molecule has 0 amide bonds. The monoisotopic (exact) mass is 344 g/mol. The van der Waals surface area contributed by atoms with Crippen molar-refractivity contribution in [1.82, 2.24) is 0 Å². The number of halogens is 1. The summed E-state index contributed by atoms with van der Waals surface area (Å²) in [5, 5.41) is 0.543. The first-order valence-corrected chi connectivity index (χ1v) is 7.34. The van der Waals surface area contributed by atoms with E-state index < -0.39 is 0 Å². The molecule has 0 spiro atoms. The van der Waals surface area contributed by atoms with Crippen LogP contribution in [0.5, 0.6) is 11.5 Å². The summed E-state index contributed by atoms with van der Waals surface area (Å²) in [5.74, 6) is 2.09. The molecule has 104 valence electrons. The van der Waals surface area contributed by atoms with Crippen molar-refractivity contribution in [3.63, 3.8) is 0 Å². The highest BCUT2D eigenvalue weighted by Gasteiger charge is 2.10. The molecule has 0 aliphatic rings. The lowest BCUT2D eigenvalue weighted by Gasteiger charge is -2.11. The molecule has 1 aromatic carbocycles. The van der Waals surface area contributed by atoms with Crippen LogP contribution in [0.15, 0.2) is 34.3 Å². The maximum Gasteiger partial charge on any atom is 0.161 e. The van der Waals surface area contributed by atoms with E-state index in [0.717, 1.165) is 10.0 Å². The van der Waals surface area contributed by atoms with Gasteiger partial charge in [0.2, 0.25) is 0 Å². The fourth-order valence-electron chi connectivity index (χ4n) is 1.36. The largest absolute Gasteiger partial charge is 0.493 e. The molecule has 0 heterocycles. The molecule has 0 aromatic heterocycles. The van der Waals surface area contributed by atoms with E-state index in [1.54, 1.807) is 20.3 Å². The number of nitrogens with two attached hydrogens (primary N) is 1. The van der Waals surface area contributed by atoms with Crippen LogP contribution in [0.2, 0.25) is 0 Å². The number of amidine groups is 1. The van der Waals surface area contributed by atoms with Crippen molar-refractivity contribution in [1.29, 1.82) is 0 Å². The number of hydrogen-bond acceptors (Lipinski definition) is 4. The van der Waals surface area contributed by atoms with Crippen molar-refractivity contribution in [2.75, 3.05) is 20.8 Å². The fourth-order valence-corrected chi connectivity index (χ4v) is 2.71. The Labute approximate surface area is 126 Å². The van der Waals surface area contributed by atoms with Crippen LogP contribution in [-0.2, 0) is 5.75 Å². The van der Waals surface area contributed by atoms with E-state index in [-0.39, 0.29) is 0 Å². The zero-order valence-electron chi connectivity index (χ0n) is 11.0. The maximum absolute atomic E-state index is 5.78. The van der Waals surface area contributed by atoms with E-state index in [0.29, 0.717) is 29.0 Å². The quantitative estimate of drug-likeness (QED) is 0.489. The smallest absolute Gasteiger partial charge is 0.161 e. The van der Waals surface area contributed by atoms with E-state index in [2.05, 4.69) is 27.5 Å². The molecule has 0 unspecified atom stereocenters. The lowest BCUT2D eigenvalue weighted by atomic mass is 10.2. The Morgan fingerprint density at radius 3 is 2.63 bits per heavy atom. The van der Waals surface area contributed by atoms with Gasteiger partial charge in [-0.15, -0.1) is 6.58 Å². The average molecular weight is 345 g/mol. The van der Waals surface area contributed by atoms with Gasteiger partial charge in [-0.3, -0.25) is 4.99 Å². The number of thioether (sulfide) groups is 1. The van der Waals surface area contributed by atoms with Gasteiger partial charge in [0.1, 0.15) is 0 Å². The van der Waals surface area contributed by atoms with Gasteiger partial charge in [-0.1, -0.05) is 33.8 Å². The Kier molecular flexibility index (Phi) is 6.80. The number of aliphatic imine (C=N–C) groups is 1. The second-order valence-electron chi connectivity index (χ2n) is 3.55. The lowest BCUT2D eigenvalue weighted by Crippen LogP contribution is -2.07. The molecular formula is C13H17BrN2O2S. The van der Waals surface area contributed by atoms with Crippen molar-refractivity contribution in [3.05, 3.63) is 34.8 Å². The van der Waals surface area contributed by atoms with E-state index in [1.807, 2.05) is 12.1 Å². The first kappa shape index (κ1) is 15.9. The topological polar surface area (TPSA) is 56.8 Å². The molecule has 0 radical (unpaired) electrons. The van der Waals surface area contributed by atoms with Crippen LogP contribution < -0.4 is 15.2 Å². The van der Waals surface area contributed by atoms with Gasteiger partial charge in [0.15, 0.2) is 16.7 Å². The highest BCUT2D eigenvalue weighted by atomic mass is 79.9. The number of benzene rings is 1. The van der Waals surface area contributed by atoms with Crippen LogP contribution in [0, 0.1) is 0 Å². The Hall–Kier alpha value is -1.14. The second-order valence-corrected chi connectivity index (χ2v) is 5.40. The lowest BCUT2D eigenvalue weighted by molar-refractivity contribution is 0.354. The van der Waals surface area contributed by atoms with E-state index in [9.17, 15) is 0 Å². The number of rotatable bonds is 6. The molecule has 0 aliphatic heterocycles. The SMILES string of the molecule is C=CCN=C(N)SCc1cc(OC)c(OC)cc1Br. The van der Waals surface area contributed by atoms with Crippen LogP contribution >= 0.6 is 27.7 Å². The minimum Gasteiger partial charge on any atom is -0.493 e. The number of methoxy groups -OCH3 is 2. The number of nitrogens with zero attached hydrogens (tertiary/aromatic N) is 1. The molecule has 0 atom stereocenters. The summed E-state index contributed by atoms with van der Waals surface area (Å²) in [6.07, 6.45) is 1.71. The normalized spacial score (nSPS) is 11.2. The molecule has 19 heavy (non-hydrogen) atoms. The number of hydrogen-bond donors (Lipinski definition) is 1. The van der Waals surface area contributed by atoms with Gasteiger partial charge in [-0.2, -0.15) is 0 Å². The van der Waals surface area contributed by atoms with Crippen molar-refractivity contribution >= 4 is 32.9 Å². The second kappa shape index (κ2) is 8.12. The summed E-state index contributed by atoms with van der Waals surface area (Å²) in [5.41, 5.74) is 6.85. The summed E-state index contributed by atoms with van der Waals surface area (Å²) >= 11 is 4.98. The predicted octanol–water partition coefficient (Wildman–Crippen LogP) is 3.20. The third-order valence-electron chi connectivity index (χ3n) is 2.30. The van der Waals surface area contributed by atoms with Crippen LogP contribution in [0.1, 0.15) is 5.56 Å². The van der Waals surface area contributed by atoms with Crippen molar-refractivity contribution < 1.29 is 9.47 Å². The summed E-state index contributed by atoms with van der Waals surface area (Å²) in [6, 6.07) is 3.81. The summed E-state index contributed by atoms with van der Waals surface area (Å²) in [4.78, 5) is 4.13. The summed E-state index contributed by atoms with van der Waals surface area (Å²) in [7, 11) is 3.22. The van der Waals surface area contributed by atoms with E-state index >= 15 is 0 Å². The van der Waals surface area contributed by atoms with Gasteiger partial charge < -0.3 is 15.2 Å². The van der Waals surface area contributed by atoms with Crippen LogP contribution in [-0.4, -0.2) is 25.9 Å². The molecule has 0 bridgehead atoms. The first-order chi connectivity index (χ1) is 9.12. The molecule has 0 saturated heterocycles. The molecule has 0 fully saturated rings. The summed E-state index contributed by atoms with van der Waals surface area (Å²) in [6.45, 7) is 4.13. The number of ether oxygens (including phenoxy) is 2. The Morgan fingerprint density at radius 2 is 2.05 bits per heavy atom. The minimum absolute atomic E-state index is 0.534. The standard InChI is InChI=1S/C13H17BrN2O2S/c1-4-5-16-13(15)19-8-9-6-11(17-2)12(18-3)7-10(9)14/h4,6-7H,1,5,8H2,2-3H3,(H2,15,16). The van der Waals surface area contributed by atoms with Gasteiger partial charge in [0, 0.05) is 10.2 Å². The third-order valence-corrected chi connectivity index (χ3v) is 3.92. The van der Waals surface area contributed by atoms with Crippen LogP contribution in [0.4, 0.5) is 0 Å². The van der Waals surface area contributed by atoms with Crippen molar-refractivity contribution in [2.45, 2.75) is 5.75 Å². The highest BCUT2D eigenvalue weighted by molar-refractivity contribution is 9.10. The highest BCUT2D eigenvalue weighted by Crippen LogP contribution is 2.34. The van der Waals surface area contributed by atoms with Crippen molar-refractivity contribution in [2.24, 2.45) is 10.7 Å². The zero-order chi connectivity index (χ0) is 14.3. The van der Waals surface area contributed by atoms with Gasteiger partial charge in [-0.25, -0.2) is 0 Å². The molecule has 4 nitrogen and oxygen atoms in total. The van der Waals surface area contributed by atoms with Gasteiger partial charge >= 0.3 is 0 Å². The minimum atomic E-state index is 0.534. The summed E-state index contributed by atoms with van der Waals surface area (Å²) < 4.78 is 11.5.